The lowest BCUT2D eigenvalue weighted by Gasteiger charge is -2.46. The fourth-order valence-electron chi connectivity index (χ4n) is 2.33. The van der Waals surface area contributed by atoms with Crippen molar-refractivity contribution in [1.29, 1.82) is 0 Å². The molecule has 0 aliphatic carbocycles. The summed E-state index contributed by atoms with van der Waals surface area (Å²) in [6.07, 6.45) is 1.87. The number of aliphatic hydroxyl groups is 1. The molecule has 18 heavy (non-hydrogen) atoms. The molecular formula is C13H23N3O2. The Morgan fingerprint density at radius 2 is 2.00 bits per heavy atom. The van der Waals surface area contributed by atoms with E-state index in [-0.39, 0.29) is 5.41 Å². The number of β-amino-alcohol motifs (C(OH)–C–C–N with tert-alkyl or cyclic N) is 1. The summed E-state index contributed by atoms with van der Waals surface area (Å²) in [5, 5.41) is 18.2. The predicted molar refractivity (Wildman–Crippen MR) is 68.1 cm³/mol. The van der Waals surface area contributed by atoms with E-state index in [9.17, 15) is 5.11 Å². The van der Waals surface area contributed by atoms with Crippen LogP contribution in [0.4, 0.5) is 0 Å². The molecule has 1 saturated heterocycles. The van der Waals surface area contributed by atoms with E-state index in [1.165, 1.54) is 0 Å². The number of hydrogen-bond acceptors (Lipinski definition) is 5. The van der Waals surface area contributed by atoms with Crippen LogP contribution < -0.4 is 0 Å². The van der Waals surface area contributed by atoms with Gasteiger partial charge < -0.3 is 9.52 Å². The number of aromatic nitrogens is 2. The summed E-state index contributed by atoms with van der Waals surface area (Å²) in [4.78, 5) is 2.13. The fourth-order valence-corrected chi connectivity index (χ4v) is 2.33. The SMILES string of the molecule is CCCC1(O)CN(Cc2nnc(C(C)(C)C)o2)C1. The number of rotatable bonds is 4. The maximum Gasteiger partial charge on any atom is 0.230 e. The van der Waals surface area contributed by atoms with E-state index in [2.05, 4.69) is 22.0 Å². The Labute approximate surface area is 108 Å². The highest BCUT2D eigenvalue weighted by molar-refractivity contribution is 4.99. The zero-order valence-electron chi connectivity index (χ0n) is 11.7. The van der Waals surface area contributed by atoms with Crippen LogP contribution in [-0.4, -0.2) is 38.9 Å². The van der Waals surface area contributed by atoms with E-state index < -0.39 is 5.60 Å². The minimum Gasteiger partial charge on any atom is -0.423 e. The van der Waals surface area contributed by atoms with Crippen molar-refractivity contribution in [1.82, 2.24) is 15.1 Å². The largest absolute Gasteiger partial charge is 0.423 e. The Bertz CT molecular complexity index is 403. The Hall–Kier alpha value is -0.940. The first-order chi connectivity index (χ1) is 8.32. The molecule has 102 valence electrons. The van der Waals surface area contributed by atoms with Gasteiger partial charge in [-0.1, -0.05) is 34.1 Å². The van der Waals surface area contributed by atoms with Gasteiger partial charge in [-0.15, -0.1) is 10.2 Å². The van der Waals surface area contributed by atoms with Gasteiger partial charge in [-0.2, -0.15) is 0 Å². The van der Waals surface area contributed by atoms with Crippen LogP contribution in [0.15, 0.2) is 4.42 Å². The molecule has 0 unspecified atom stereocenters. The molecule has 2 rings (SSSR count). The smallest absolute Gasteiger partial charge is 0.230 e. The van der Waals surface area contributed by atoms with Crippen LogP contribution in [0.3, 0.4) is 0 Å². The van der Waals surface area contributed by atoms with Crippen LogP contribution in [-0.2, 0) is 12.0 Å². The highest BCUT2D eigenvalue weighted by Crippen LogP contribution is 2.27. The zero-order chi connectivity index (χ0) is 13.4. The molecule has 1 fully saturated rings. The van der Waals surface area contributed by atoms with E-state index in [4.69, 9.17) is 4.42 Å². The zero-order valence-corrected chi connectivity index (χ0v) is 11.7. The van der Waals surface area contributed by atoms with Crippen LogP contribution in [0.2, 0.25) is 0 Å². The van der Waals surface area contributed by atoms with Gasteiger partial charge in [0.2, 0.25) is 11.8 Å². The number of hydrogen-bond donors (Lipinski definition) is 1. The normalized spacial score (nSPS) is 19.8. The summed E-state index contributed by atoms with van der Waals surface area (Å²) < 4.78 is 5.64. The molecule has 1 aromatic rings. The maximum atomic E-state index is 10.1. The Morgan fingerprint density at radius 3 is 2.50 bits per heavy atom. The fraction of sp³-hybridized carbons (Fsp3) is 0.846. The van der Waals surface area contributed by atoms with Crippen LogP contribution in [0, 0.1) is 0 Å². The first kappa shape index (κ1) is 13.5. The summed E-state index contributed by atoms with van der Waals surface area (Å²) in [5.74, 6) is 1.31. The molecule has 0 saturated carbocycles. The van der Waals surface area contributed by atoms with Gasteiger partial charge in [-0.05, 0) is 6.42 Å². The highest BCUT2D eigenvalue weighted by Gasteiger charge is 2.40. The van der Waals surface area contributed by atoms with Crippen molar-refractivity contribution in [3.63, 3.8) is 0 Å². The van der Waals surface area contributed by atoms with Crippen molar-refractivity contribution in [3.05, 3.63) is 11.8 Å². The highest BCUT2D eigenvalue weighted by atomic mass is 16.4. The van der Waals surface area contributed by atoms with Gasteiger partial charge in [-0.25, -0.2) is 0 Å². The van der Waals surface area contributed by atoms with Gasteiger partial charge in [0.15, 0.2) is 0 Å². The van der Waals surface area contributed by atoms with Crippen molar-refractivity contribution >= 4 is 0 Å². The molecule has 5 nitrogen and oxygen atoms in total. The third-order valence-electron chi connectivity index (χ3n) is 3.22. The number of nitrogens with zero attached hydrogens (tertiary/aromatic N) is 3. The second-order valence-electron chi connectivity index (χ2n) is 6.37. The van der Waals surface area contributed by atoms with Crippen molar-refractivity contribution in [2.45, 2.75) is 58.1 Å². The van der Waals surface area contributed by atoms with Crippen LogP contribution in [0.1, 0.15) is 52.3 Å². The first-order valence-electron chi connectivity index (χ1n) is 6.60. The third-order valence-corrected chi connectivity index (χ3v) is 3.22. The van der Waals surface area contributed by atoms with E-state index in [0.29, 0.717) is 31.4 Å². The third kappa shape index (κ3) is 2.90. The average molecular weight is 253 g/mol. The van der Waals surface area contributed by atoms with Crippen molar-refractivity contribution in [2.24, 2.45) is 0 Å². The summed E-state index contributed by atoms with van der Waals surface area (Å²) in [6.45, 7) is 10.3. The molecular weight excluding hydrogens is 230 g/mol. The molecule has 5 heteroatoms. The van der Waals surface area contributed by atoms with Crippen LogP contribution >= 0.6 is 0 Å². The quantitative estimate of drug-likeness (QED) is 0.885. The van der Waals surface area contributed by atoms with Crippen molar-refractivity contribution in [3.8, 4) is 0 Å². The summed E-state index contributed by atoms with van der Waals surface area (Å²) >= 11 is 0. The van der Waals surface area contributed by atoms with Crippen LogP contribution in [0.5, 0.6) is 0 Å². The van der Waals surface area contributed by atoms with E-state index in [0.717, 1.165) is 12.8 Å². The molecule has 1 aliphatic heterocycles. The average Bonchev–Trinajstić information content (AvgIpc) is 2.63. The lowest BCUT2D eigenvalue weighted by atomic mass is 9.89. The second-order valence-corrected chi connectivity index (χ2v) is 6.37. The summed E-state index contributed by atoms with van der Waals surface area (Å²) in [6, 6.07) is 0. The standard InChI is InChI=1S/C13H23N3O2/c1-5-6-13(17)8-16(9-13)7-10-14-15-11(18-10)12(2,3)4/h17H,5-9H2,1-4H3. The second kappa shape index (κ2) is 4.63. The van der Waals surface area contributed by atoms with Gasteiger partial charge in [0.25, 0.3) is 0 Å². The first-order valence-corrected chi connectivity index (χ1v) is 6.60. The Morgan fingerprint density at radius 1 is 1.33 bits per heavy atom. The Kier molecular flexibility index (Phi) is 3.47. The maximum absolute atomic E-state index is 10.1. The molecule has 0 bridgehead atoms. The lowest BCUT2D eigenvalue weighted by Crippen LogP contribution is -2.60. The summed E-state index contributed by atoms with van der Waals surface area (Å²) in [5.41, 5.74) is -0.606. The van der Waals surface area contributed by atoms with E-state index in [1.54, 1.807) is 0 Å². The van der Waals surface area contributed by atoms with Gasteiger partial charge in [0.1, 0.15) is 0 Å². The van der Waals surface area contributed by atoms with Crippen molar-refractivity contribution in [2.75, 3.05) is 13.1 Å². The summed E-state index contributed by atoms with van der Waals surface area (Å²) in [7, 11) is 0. The molecule has 2 heterocycles. The monoisotopic (exact) mass is 253 g/mol. The molecule has 0 amide bonds. The molecule has 0 atom stereocenters. The van der Waals surface area contributed by atoms with E-state index >= 15 is 0 Å². The van der Waals surface area contributed by atoms with Crippen molar-refractivity contribution < 1.29 is 9.52 Å². The van der Waals surface area contributed by atoms with Gasteiger partial charge in [0.05, 0.1) is 12.1 Å². The molecule has 0 spiro atoms. The molecule has 1 N–H and O–H groups in total. The van der Waals surface area contributed by atoms with Gasteiger partial charge in [-0.3, -0.25) is 4.90 Å². The topological polar surface area (TPSA) is 62.4 Å². The Balaban J connectivity index is 1.87. The van der Waals surface area contributed by atoms with E-state index in [1.807, 2.05) is 20.8 Å². The predicted octanol–water partition coefficient (Wildman–Crippen LogP) is 1.71. The van der Waals surface area contributed by atoms with Crippen LogP contribution in [0.25, 0.3) is 0 Å². The molecule has 0 aromatic carbocycles. The van der Waals surface area contributed by atoms with Gasteiger partial charge in [0, 0.05) is 18.5 Å². The minimum atomic E-state index is -0.498. The van der Waals surface area contributed by atoms with Gasteiger partial charge >= 0.3 is 0 Å². The molecule has 1 aromatic heterocycles. The lowest BCUT2D eigenvalue weighted by molar-refractivity contribution is -0.109. The minimum absolute atomic E-state index is 0.108. The molecule has 1 aliphatic rings. The number of likely N-dealkylation sites (tertiary alicyclic amines) is 1. The molecule has 0 radical (unpaired) electrons.